The fourth-order valence-corrected chi connectivity index (χ4v) is 4.32. The van der Waals surface area contributed by atoms with Gasteiger partial charge >= 0.3 is 0 Å². The van der Waals surface area contributed by atoms with Crippen LogP contribution >= 0.6 is 23.1 Å². The molecule has 2 heterocycles. The molecule has 3 amide bonds. The normalized spacial score (nSPS) is 14.2. The molecule has 0 unspecified atom stereocenters. The second-order valence-corrected chi connectivity index (χ2v) is 7.89. The van der Waals surface area contributed by atoms with E-state index in [2.05, 4.69) is 10.3 Å². The molecule has 136 valence electrons. The Morgan fingerprint density at radius 1 is 1.15 bits per heavy atom. The van der Waals surface area contributed by atoms with Crippen LogP contribution in [0.5, 0.6) is 0 Å². The molecule has 6 nitrogen and oxygen atoms in total. The second-order valence-electron chi connectivity index (χ2n) is 5.98. The topological polar surface area (TPSA) is 79.4 Å². The summed E-state index contributed by atoms with van der Waals surface area (Å²) in [4.78, 5) is 43.1. The van der Waals surface area contributed by atoms with E-state index in [0.717, 1.165) is 20.0 Å². The van der Waals surface area contributed by atoms with Gasteiger partial charge < -0.3 is 0 Å². The Hall–Kier alpha value is -2.71. The standard InChI is InChI=1S/C19H15N3O3S2/c1-26-13-5-6-14-15(10-13)27-19(20-14)21-18(25)11-3-2-4-12(9-11)22-16(23)7-8-17(22)24/h2-6,9-10H,7-8H2,1H3,(H,20,21,25). The highest BCUT2D eigenvalue weighted by Gasteiger charge is 2.30. The first kappa shape index (κ1) is 17.7. The summed E-state index contributed by atoms with van der Waals surface area (Å²) < 4.78 is 0.999. The molecule has 1 N–H and O–H groups in total. The quantitative estimate of drug-likeness (QED) is 0.533. The number of amides is 3. The molecule has 0 radical (unpaired) electrons. The number of carbonyl (C=O) groups is 3. The number of fused-ring (bicyclic) bond motifs is 1. The predicted octanol–water partition coefficient (Wildman–Crippen LogP) is 3.92. The van der Waals surface area contributed by atoms with Crippen LogP contribution in [0.4, 0.5) is 10.8 Å². The summed E-state index contributed by atoms with van der Waals surface area (Å²) in [5.41, 5.74) is 1.61. The third-order valence-electron chi connectivity index (χ3n) is 4.23. The minimum atomic E-state index is -0.333. The highest BCUT2D eigenvalue weighted by Crippen LogP contribution is 2.30. The fraction of sp³-hybridized carbons (Fsp3) is 0.158. The largest absolute Gasteiger partial charge is 0.298 e. The summed E-state index contributed by atoms with van der Waals surface area (Å²) in [6.07, 6.45) is 2.42. The molecular formula is C19H15N3O3S2. The van der Waals surface area contributed by atoms with Crippen LogP contribution in [0.2, 0.25) is 0 Å². The van der Waals surface area contributed by atoms with Gasteiger partial charge in [-0.3, -0.25) is 24.6 Å². The molecule has 27 heavy (non-hydrogen) atoms. The minimum absolute atomic E-state index is 0.207. The van der Waals surface area contributed by atoms with Crippen LogP contribution in [0.25, 0.3) is 10.2 Å². The maximum atomic E-state index is 12.6. The molecule has 1 aromatic heterocycles. The Morgan fingerprint density at radius 2 is 1.93 bits per heavy atom. The van der Waals surface area contributed by atoms with Crippen LogP contribution in [0.3, 0.4) is 0 Å². The van der Waals surface area contributed by atoms with Crippen LogP contribution < -0.4 is 10.2 Å². The minimum Gasteiger partial charge on any atom is -0.298 e. The van der Waals surface area contributed by atoms with Crippen molar-refractivity contribution >= 4 is 61.9 Å². The maximum Gasteiger partial charge on any atom is 0.257 e. The first-order valence-corrected chi connectivity index (χ1v) is 10.3. The zero-order valence-corrected chi connectivity index (χ0v) is 16.0. The molecule has 0 spiro atoms. The average molecular weight is 397 g/mol. The van der Waals surface area contributed by atoms with Gasteiger partial charge in [0, 0.05) is 23.3 Å². The molecule has 0 bridgehead atoms. The van der Waals surface area contributed by atoms with Gasteiger partial charge in [-0.2, -0.15) is 0 Å². The number of anilines is 2. The summed E-state index contributed by atoms with van der Waals surface area (Å²) >= 11 is 3.05. The Labute approximate surface area is 163 Å². The summed E-state index contributed by atoms with van der Waals surface area (Å²) in [6, 6.07) is 12.5. The summed E-state index contributed by atoms with van der Waals surface area (Å²) in [5.74, 6) is -0.818. The highest BCUT2D eigenvalue weighted by molar-refractivity contribution is 7.98. The number of nitrogens with one attached hydrogen (secondary N) is 1. The second kappa shape index (κ2) is 7.13. The molecule has 0 saturated carbocycles. The monoisotopic (exact) mass is 397 g/mol. The summed E-state index contributed by atoms with van der Waals surface area (Å²) in [6.45, 7) is 0. The van der Waals surface area contributed by atoms with E-state index in [1.165, 1.54) is 11.3 Å². The SMILES string of the molecule is CSc1ccc2nc(NC(=O)c3cccc(N4C(=O)CCC4=O)c3)sc2c1. The first-order chi connectivity index (χ1) is 13.0. The van der Waals surface area contributed by atoms with Crippen LogP contribution in [0, 0.1) is 0 Å². The molecule has 8 heteroatoms. The Balaban J connectivity index is 1.57. The van der Waals surface area contributed by atoms with Crippen LogP contribution in [-0.4, -0.2) is 29.0 Å². The molecule has 1 fully saturated rings. The molecule has 1 saturated heterocycles. The van der Waals surface area contributed by atoms with Crippen molar-refractivity contribution in [3.05, 3.63) is 48.0 Å². The molecule has 2 aromatic carbocycles. The van der Waals surface area contributed by atoms with Crippen LogP contribution in [0.1, 0.15) is 23.2 Å². The van der Waals surface area contributed by atoms with Gasteiger partial charge in [0.15, 0.2) is 5.13 Å². The number of imide groups is 1. The number of hydrogen-bond donors (Lipinski definition) is 1. The summed E-state index contributed by atoms with van der Waals surface area (Å²) in [5, 5.41) is 3.31. The van der Waals surface area contributed by atoms with E-state index in [1.54, 1.807) is 36.0 Å². The van der Waals surface area contributed by atoms with Gasteiger partial charge in [-0.05, 0) is 42.7 Å². The van der Waals surface area contributed by atoms with Crippen molar-refractivity contribution in [1.29, 1.82) is 0 Å². The number of aromatic nitrogens is 1. The number of nitrogens with zero attached hydrogens (tertiary/aromatic N) is 2. The predicted molar refractivity (Wildman–Crippen MR) is 108 cm³/mol. The van der Waals surface area contributed by atoms with Crippen molar-refractivity contribution in [1.82, 2.24) is 4.98 Å². The van der Waals surface area contributed by atoms with Gasteiger partial charge in [-0.1, -0.05) is 17.4 Å². The van der Waals surface area contributed by atoms with Gasteiger partial charge in [0.05, 0.1) is 15.9 Å². The van der Waals surface area contributed by atoms with Crippen molar-refractivity contribution in [3.8, 4) is 0 Å². The van der Waals surface area contributed by atoms with Crippen molar-refractivity contribution < 1.29 is 14.4 Å². The van der Waals surface area contributed by atoms with E-state index in [0.29, 0.717) is 16.4 Å². The zero-order valence-electron chi connectivity index (χ0n) is 14.4. The molecule has 3 aromatic rings. The Morgan fingerprint density at radius 3 is 2.67 bits per heavy atom. The van der Waals surface area contributed by atoms with Crippen LogP contribution in [-0.2, 0) is 9.59 Å². The lowest BCUT2D eigenvalue weighted by molar-refractivity contribution is -0.121. The number of benzene rings is 2. The summed E-state index contributed by atoms with van der Waals surface area (Å²) in [7, 11) is 0. The Kier molecular flexibility index (Phi) is 4.67. The van der Waals surface area contributed by atoms with E-state index in [4.69, 9.17) is 0 Å². The lowest BCUT2D eigenvalue weighted by atomic mass is 10.2. The van der Waals surface area contributed by atoms with E-state index in [1.807, 2.05) is 24.5 Å². The highest BCUT2D eigenvalue weighted by atomic mass is 32.2. The number of carbonyl (C=O) groups excluding carboxylic acids is 3. The van der Waals surface area contributed by atoms with Gasteiger partial charge in [0.1, 0.15) is 0 Å². The fourth-order valence-electron chi connectivity index (χ4n) is 2.91. The maximum absolute atomic E-state index is 12.6. The van der Waals surface area contributed by atoms with Crippen LogP contribution in [0.15, 0.2) is 47.4 Å². The van der Waals surface area contributed by atoms with Crippen molar-refractivity contribution in [2.45, 2.75) is 17.7 Å². The van der Waals surface area contributed by atoms with E-state index in [9.17, 15) is 14.4 Å². The molecule has 1 aliphatic rings. The van der Waals surface area contributed by atoms with Gasteiger partial charge in [-0.25, -0.2) is 4.98 Å². The third kappa shape index (κ3) is 3.45. The van der Waals surface area contributed by atoms with Gasteiger partial charge in [0.2, 0.25) is 11.8 Å². The molecule has 0 aliphatic carbocycles. The van der Waals surface area contributed by atoms with E-state index >= 15 is 0 Å². The number of rotatable bonds is 4. The van der Waals surface area contributed by atoms with E-state index in [-0.39, 0.29) is 30.6 Å². The number of hydrogen-bond acceptors (Lipinski definition) is 6. The van der Waals surface area contributed by atoms with Crippen molar-refractivity contribution in [2.24, 2.45) is 0 Å². The van der Waals surface area contributed by atoms with Crippen molar-refractivity contribution in [3.63, 3.8) is 0 Å². The smallest absolute Gasteiger partial charge is 0.257 e. The third-order valence-corrected chi connectivity index (χ3v) is 5.89. The molecule has 1 aliphatic heterocycles. The number of thiazole rings is 1. The first-order valence-electron chi connectivity index (χ1n) is 8.27. The molecule has 4 rings (SSSR count). The number of thioether (sulfide) groups is 1. The lowest BCUT2D eigenvalue weighted by Crippen LogP contribution is -2.28. The Bertz CT molecular complexity index is 1060. The average Bonchev–Trinajstić information content (AvgIpc) is 3.23. The molecular weight excluding hydrogens is 382 g/mol. The van der Waals surface area contributed by atoms with Gasteiger partial charge in [-0.15, -0.1) is 11.8 Å². The van der Waals surface area contributed by atoms with Crippen molar-refractivity contribution in [2.75, 3.05) is 16.5 Å². The lowest BCUT2D eigenvalue weighted by Gasteiger charge is -2.14. The molecule has 0 atom stereocenters. The van der Waals surface area contributed by atoms with E-state index < -0.39 is 0 Å². The van der Waals surface area contributed by atoms with Gasteiger partial charge in [0.25, 0.3) is 5.91 Å². The zero-order chi connectivity index (χ0) is 19.0.